The average Bonchev–Trinajstić information content (AvgIpc) is 2.89. The molecule has 3 rings (SSSR count). The van der Waals surface area contributed by atoms with Gasteiger partial charge < -0.3 is 9.88 Å². The molecule has 0 spiro atoms. The van der Waals surface area contributed by atoms with E-state index in [2.05, 4.69) is 21.9 Å². The highest BCUT2D eigenvalue weighted by molar-refractivity contribution is 7.90. The van der Waals surface area contributed by atoms with Crippen LogP contribution in [0.4, 0.5) is 5.69 Å². The Morgan fingerprint density at radius 3 is 2.81 bits per heavy atom. The Hall–Kier alpha value is -2.45. The molecule has 3 atom stereocenters. The quantitative estimate of drug-likeness (QED) is 0.768. The lowest BCUT2D eigenvalue weighted by molar-refractivity contribution is 0.101. The van der Waals surface area contributed by atoms with Crippen molar-refractivity contribution in [2.45, 2.75) is 31.2 Å². The summed E-state index contributed by atoms with van der Waals surface area (Å²) in [5.41, 5.74) is 1.52. The number of aryl methyl sites for hydroxylation is 1. The number of pyridine rings is 1. The third-order valence-corrected chi connectivity index (χ3v) is 6.23. The van der Waals surface area contributed by atoms with Gasteiger partial charge in [-0.3, -0.25) is 9.78 Å². The Balaban J connectivity index is 2.03. The monoisotopic (exact) mass is 373 g/mol. The molecule has 0 saturated heterocycles. The van der Waals surface area contributed by atoms with E-state index in [0.717, 1.165) is 6.42 Å². The number of hydrogen-bond acceptors (Lipinski definition) is 4. The summed E-state index contributed by atoms with van der Waals surface area (Å²) in [5, 5.41) is 2.82. The zero-order chi connectivity index (χ0) is 18.9. The van der Waals surface area contributed by atoms with Gasteiger partial charge in [0.2, 0.25) is 0 Å². The third kappa shape index (κ3) is 3.42. The Bertz CT molecular complexity index is 947. The lowest BCUT2D eigenvalue weighted by atomic mass is 9.99. The van der Waals surface area contributed by atoms with Crippen molar-refractivity contribution < 1.29 is 9.00 Å². The highest BCUT2D eigenvalue weighted by Crippen LogP contribution is 2.29. The number of nitrogens with zero attached hydrogens (tertiary/aromatic N) is 2. The van der Waals surface area contributed by atoms with Crippen LogP contribution in [0.25, 0.3) is 6.08 Å². The molecule has 3 N–H and O–H groups in total. The van der Waals surface area contributed by atoms with Gasteiger partial charge in [0.15, 0.2) is 0 Å². The zero-order valence-electron chi connectivity index (χ0n) is 15.0. The van der Waals surface area contributed by atoms with Gasteiger partial charge in [0.1, 0.15) is 15.6 Å². The fraction of sp³-hybridized carbons (Fsp3) is 0.333. The van der Waals surface area contributed by atoms with Gasteiger partial charge in [-0.2, -0.15) is 0 Å². The molecule has 1 unspecified atom stereocenters. The first-order valence-corrected chi connectivity index (χ1v) is 10.0. The van der Waals surface area contributed by atoms with Gasteiger partial charge in [-0.25, -0.2) is 13.7 Å². The van der Waals surface area contributed by atoms with E-state index < -0.39 is 9.92 Å². The van der Waals surface area contributed by atoms with Crippen LogP contribution >= 0.6 is 0 Å². The normalized spacial score (nSPS) is 23.1. The van der Waals surface area contributed by atoms with Gasteiger partial charge >= 0.3 is 0 Å². The van der Waals surface area contributed by atoms with Gasteiger partial charge in [0, 0.05) is 42.9 Å². The van der Waals surface area contributed by atoms with Crippen molar-refractivity contribution in [1.82, 2.24) is 14.3 Å². The third-order valence-electron chi connectivity index (χ3n) is 4.68. The molecule has 0 aliphatic carbocycles. The number of nitrogens with one attached hydrogen (secondary N) is 3. The van der Waals surface area contributed by atoms with Crippen LogP contribution in [0.5, 0.6) is 0 Å². The molecule has 0 saturated carbocycles. The molecule has 3 heterocycles. The summed E-state index contributed by atoms with van der Waals surface area (Å²) in [7, 11) is -1.50. The molecule has 0 bridgehead atoms. The summed E-state index contributed by atoms with van der Waals surface area (Å²) in [4.78, 5) is 17.1. The van der Waals surface area contributed by atoms with Crippen LogP contribution < -0.4 is 10.0 Å². The van der Waals surface area contributed by atoms with Crippen molar-refractivity contribution >= 4 is 27.6 Å². The highest BCUT2D eigenvalue weighted by Gasteiger charge is 2.29. The van der Waals surface area contributed by atoms with Gasteiger partial charge in [-0.15, -0.1) is 0 Å². The van der Waals surface area contributed by atoms with E-state index in [9.17, 15) is 9.00 Å². The van der Waals surface area contributed by atoms with Crippen LogP contribution in [0.1, 0.15) is 36.3 Å². The fourth-order valence-corrected chi connectivity index (χ4v) is 4.57. The van der Waals surface area contributed by atoms with Crippen LogP contribution in [0.2, 0.25) is 0 Å². The fourth-order valence-electron chi connectivity index (χ4n) is 2.97. The number of amides is 1. The maximum Gasteiger partial charge on any atom is 0.272 e. The van der Waals surface area contributed by atoms with Crippen molar-refractivity contribution in [2.24, 2.45) is 13.0 Å². The molecule has 1 aliphatic rings. The van der Waals surface area contributed by atoms with Crippen molar-refractivity contribution in [3.63, 3.8) is 0 Å². The minimum absolute atomic E-state index is 0.182. The zero-order valence-corrected chi connectivity index (χ0v) is 15.8. The molecule has 0 radical (unpaired) electrons. The van der Waals surface area contributed by atoms with E-state index in [1.54, 1.807) is 42.3 Å². The summed E-state index contributed by atoms with van der Waals surface area (Å²) in [6.45, 7) is 4.10. The van der Waals surface area contributed by atoms with Gasteiger partial charge in [-0.1, -0.05) is 32.4 Å². The van der Waals surface area contributed by atoms with Crippen LogP contribution in [-0.2, 0) is 17.0 Å². The molecule has 1 amide bonds. The molecule has 0 fully saturated rings. The molecule has 7 nitrogen and oxygen atoms in total. The maximum absolute atomic E-state index is 13.0. The summed E-state index contributed by atoms with van der Waals surface area (Å²) in [6.07, 6.45) is 9.39. The molecule has 2 aromatic heterocycles. The van der Waals surface area contributed by atoms with Crippen LogP contribution in [0.3, 0.4) is 0 Å². The smallest absolute Gasteiger partial charge is 0.272 e. The minimum Gasteiger partial charge on any atom is -0.345 e. The second kappa shape index (κ2) is 7.05. The van der Waals surface area contributed by atoms with Crippen molar-refractivity contribution in [1.29, 1.82) is 4.78 Å². The first-order valence-electron chi connectivity index (χ1n) is 8.48. The molecule has 0 aromatic carbocycles. The van der Waals surface area contributed by atoms with Gasteiger partial charge in [-0.05, 0) is 18.1 Å². The van der Waals surface area contributed by atoms with Crippen LogP contribution in [0.15, 0.2) is 41.7 Å². The number of carbonyl (C=O) groups excluding carboxylic acids is 1. The number of hydrogen-bond donors (Lipinski definition) is 3. The minimum atomic E-state index is -3.21. The van der Waals surface area contributed by atoms with Crippen molar-refractivity contribution in [2.75, 3.05) is 5.32 Å². The van der Waals surface area contributed by atoms with Crippen LogP contribution in [-0.4, -0.2) is 25.7 Å². The molecule has 138 valence electrons. The highest BCUT2D eigenvalue weighted by atomic mass is 32.2. The first-order chi connectivity index (χ1) is 12.3. The van der Waals surface area contributed by atoms with Crippen molar-refractivity contribution in [3.8, 4) is 0 Å². The van der Waals surface area contributed by atoms with Crippen LogP contribution in [0, 0.1) is 10.7 Å². The van der Waals surface area contributed by atoms with E-state index in [0.29, 0.717) is 21.8 Å². The number of fused-ring (bicyclic) bond motifs is 1. The molecule has 2 aromatic rings. The predicted molar refractivity (Wildman–Crippen MR) is 102 cm³/mol. The Kier molecular flexibility index (Phi) is 4.97. The first kappa shape index (κ1) is 18.3. The van der Waals surface area contributed by atoms with Gasteiger partial charge in [0.25, 0.3) is 5.91 Å². The lowest BCUT2D eigenvalue weighted by Gasteiger charge is -2.20. The second-order valence-corrected chi connectivity index (χ2v) is 8.29. The number of rotatable bonds is 4. The molecule has 1 aliphatic heterocycles. The van der Waals surface area contributed by atoms with E-state index in [-0.39, 0.29) is 17.9 Å². The predicted octanol–water partition coefficient (Wildman–Crippen LogP) is 3.02. The average molecular weight is 373 g/mol. The Morgan fingerprint density at radius 1 is 1.46 bits per heavy atom. The summed E-state index contributed by atoms with van der Waals surface area (Å²) in [6, 6.07) is 3.21. The lowest BCUT2D eigenvalue weighted by Crippen LogP contribution is -2.36. The topological polar surface area (TPSA) is 99.9 Å². The Labute approximate surface area is 153 Å². The SMILES string of the molecule is CC[C@H](C)[C@@H]1C=Cc2c(cn(C)c2C(=O)Nc2ccncc2)S(=N)(=O)N1. The Morgan fingerprint density at radius 2 is 2.15 bits per heavy atom. The molecule has 26 heavy (non-hydrogen) atoms. The van der Waals surface area contributed by atoms with E-state index in [1.807, 2.05) is 19.1 Å². The second-order valence-electron chi connectivity index (χ2n) is 6.50. The summed E-state index contributed by atoms with van der Waals surface area (Å²) in [5.74, 6) is -0.0916. The van der Waals surface area contributed by atoms with Crippen molar-refractivity contribution in [3.05, 3.63) is 48.1 Å². The van der Waals surface area contributed by atoms with E-state index >= 15 is 0 Å². The molecular weight excluding hydrogens is 350 g/mol. The summed E-state index contributed by atoms with van der Waals surface area (Å²) < 4.78 is 25.9. The van der Waals surface area contributed by atoms with E-state index in [4.69, 9.17) is 4.78 Å². The number of anilines is 1. The molecular formula is C18H23N5O2S. The maximum atomic E-state index is 13.0. The largest absolute Gasteiger partial charge is 0.345 e. The summed E-state index contributed by atoms with van der Waals surface area (Å²) >= 11 is 0. The molecule has 8 heteroatoms. The number of aromatic nitrogens is 2. The number of carbonyl (C=O) groups is 1. The van der Waals surface area contributed by atoms with Gasteiger partial charge in [0.05, 0.1) is 4.90 Å². The standard InChI is InChI=1S/C18H23N5O2S/c1-4-12(2)15-6-5-14-16(26(19,25)22-15)11-23(3)17(14)18(24)21-13-7-9-20-10-8-13/h5-12,15H,4H2,1-3H3,(H2,19,22,25)(H,20,21,24)/t12-,15-,26?/m0/s1. The van der Waals surface area contributed by atoms with E-state index in [1.165, 1.54) is 0 Å².